The number of piperidine rings is 1. The van der Waals surface area contributed by atoms with Crippen LogP contribution in [0.4, 0.5) is 0 Å². The number of rotatable bonds is 5. The van der Waals surface area contributed by atoms with Crippen LogP contribution in [0, 0.1) is 24.2 Å². The zero-order chi connectivity index (χ0) is 22.0. The Balaban J connectivity index is 1.46. The number of nitriles is 1. The Labute approximate surface area is 180 Å². The minimum absolute atomic E-state index is 0.200. The highest BCUT2D eigenvalue weighted by Crippen LogP contribution is 2.26. The molecule has 1 aliphatic heterocycles. The summed E-state index contributed by atoms with van der Waals surface area (Å²) in [5, 5.41) is 15.7. The van der Waals surface area contributed by atoms with Crippen molar-refractivity contribution in [2.75, 3.05) is 13.1 Å². The van der Waals surface area contributed by atoms with Crippen molar-refractivity contribution in [3.8, 4) is 11.8 Å². The number of benzene rings is 2. The molecule has 0 bridgehead atoms. The number of aryl methyl sites for hydroxylation is 1. The van der Waals surface area contributed by atoms with Gasteiger partial charge >= 0.3 is 5.69 Å². The fourth-order valence-corrected chi connectivity index (χ4v) is 5.46. The van der Waals surface area contributed by atoms with Crippen molar-refractivity contribution in [2.24, 2.45) is 5.92 Å². The van der Waals surface area contributed by atoms with Gasteiger partial charge in [-0.3, -0.25) is 0 Å². The molecule has 1 N–H and O–H groups in total. The smallest absolute Gasteiger partial charge is 0.247 e. The zero-order valence-corrected chi connectivity index (χ0v) is 18.0. The summed E-state index contributed by atoms with van der Waals surface area (Å²) in [5.74, 6) is 0.887. The van der Waals surface area contributed by atoms with E-state index in [1.54, 1.807) is 4.57 Å². The lowest BCUT2D eigenvalue weighted by atomic mass is 9.94. The number of nitrogens with zero attached hydrogens (tertiary/aromatic N) is 4. The van der Waals surface area contributed by atoms with Crippen LogP contribution in [0.15, 0.2) is 58.2 Å². The van der Waals surface area contributed by atoms with Crippen molar-refractivity contribution in [2.45, 2.75) is 31.1 Å². The Morgan fingerprint density at radius 3 is 2.45 bits per heavy atom. The molecule has 160 valence electrons. The van der Waals surface area contributed by atoms with Gasteiger partial charge in [-0.2, -0.15) is 14.7 Å². The molecule has 1 aromatic heterocycles. The highest BCUT2D eigenvalue weighted by molar-refractivity contribution is 7.89. The van der Waals surface area contributed by atoms with Crippen LogP contribution in [0.5, 0.6) is 0 Å². The number of para-hydroxylation sites is 1. The van der Waals surface area contributed by atoms with Gasteiger partial charge in [-0.15, -0.1) is 0 Å². The first kappa shape index (κ1) is 21.0. The van der Waals surface area contributed by atoms with E-state index in [1.165, 1.54) is 28.6 Å². The largest absolute Gasteiger partial charge is 0.347 e. The average molecular weight is 438 g/mol. The highest BCUT2D eigenvalue weighted by Gasteiger charge is 2.30. The summed E-state index contributed by atoms with van der Waals surface area (Å²) < 4.78 is 28.9. The Hall–Kier alpha value is -3.22. The van der Waals surface area contributed by atoms with E-state index in [9.17, 15) is 13.2 Å². The van der Waals surface area contributed by atoms with Gasteiger partial charge in [-0.05, 0) is 61.6 Å². The van der Waals surface area contributed by atoms with Crippen molar-refractivity contribution in [1.82, 2.24) is 19.1 Å². The average Bonchev–Trinajstić information content (AvgIpc) is 3.14. The summed E-state index contributed by atoms with van der Waals surface area (Å²) >= 11 is 0. The molecule has 4 rings (SSSR count). The number of nitrogens with one attached hydrogen (secondary N) is 1. The summed E-state index contributed by atoms with van der Waals surface area (Å²) in [4.78, 5) is 12.6. The van der Waals surface area contributed by atoms with Crippen LogP contribution in [0.3, 0.4) is 0 Å². The van der Waals surface area contributed by atoms with Gasteiger partial charge < -0.3 is 0 Å². The lowest BCUT2D eigenvalue weighted by Crippen LogP contribution is -2.39. The maximum absolute atomic E-state index is 12.9. The van der Waals surface area contributed by atoms with E-state index < -0.39 is 10.0 Å². The van der Waals surface area contributed by atoms with Gasteiger partial charge in [0.15, 0.2) is 0 Å². The lowest BCUT2D eigenvalue weighted by molar-refractivity contribution is 0.269. The van der Waals surface area contributed by atoms with Gasteiger partial charge in [0.05, 0.1) is 22.2 Å². The Bertz CT molecular complexity index is 1280. The third-order valence-electron chi connectivity index (χ3n) is 5.76. The normalized spacial score (nSPS) is 15.6. The molecule has 1 aliphatic rings. The summed E-state index contributed by atoms with van der Waals surface area (Å²) in [7, 11) is -3.59. The Morgan fingerprint density at radius 1 is 1.13 bits per heavy atom. The second-order valence-corrected chi connectivity index (χ2v) is 9.69. The molecule has 0 aliphatic carbocycles. The third-order valence-corrected chi connectivity index (χ3v) is 7.68. The van der Waals surface area contributed by atoms with E-state index in [1.807, 2.05) is 37.3 Å². The van der Waals surface area contributed by atoms with E-state index in [4.69, 9.17) is 5.26 Å². The molecule has 1 saturated heterocycles. The van der Waals surface area contributed by atoms with Crippen LogP contribution < -0.4 is 5.69 Å². The predicted molar refractivity (Wildman–Crippen MR) is 115 cm³/mol. The first-order valence-electron chi connectivity index (χ1n) is 10.1. The molecule has 9 heteroatoms. The van der Waals surface area contributed by atoms with E-state index >= 15 is 0 Å². The predicted octanol–water partition coefficient (Wildman–Crippen LogP) is 2.38. The third kappa shape index (κ3) is 4.17. The second kappa shape index (κ2) is 8.49. The Morgan fingerprint density at radius 2 is 1.81 bits per heavy atom. The Kier molecular flexibility index (Phi) is 5.76. The summed E-state index contributed by atoms with van der Waals surface area (Å²) in [5.41, 5.74) is 1.94. The SMILES string of the molecule is Cc1ccccc1-n1c(CC2CCN(S(=O)(=O)c3ccc(C#N)cc3)CC2)n[nH]c1=O. The van der Waals surface area contributed by atoms with Gasteiger partial charge in [0.25, 0.3) is 0 Å². The highest BCUT2D eigenvalue weighted by atomic mass is 32.2. The number of aromatic nitrogens is 3. The fraction of sp³-hybridized carbons (Fsp3) is 0.318. The minimum Gasteiger partial charge on any atom is -0.247 e. The molecular formula is C22H23N5O3S. The first-order valence-corrected chi connectivity index (χ1v) is 11.6. The van der Waals surface area contributed by atoms with E-state index in [0.29, 0.717) is 43.7 Å². The maximum atomic E-state index is 12.9. The molecule has 2 aromatic carbocycles. The van der Waals surface area contributed by atoms with E-state index in [0.717, 1.165) is 11.3 Å². The molecule has 8 nitrogen and oxygen atoms in total. The first-order chi connectivity index (χ1) is 14.9. The molecule has 0 unspecified atom stereocenters. The van der Waals surface area contributed by atoms with E-state index in [2.05, 4.69) is 10.2 Å². The van der Waals surface area contributed by atoms with Crippen LogP contribution in [-0.4, -0.2) is 40.6 Å². The van der Waals surface area contributed by atoms with E-state index in [-0.39, 0.29) is 16.5 Å². The number of H-pyrrole nitrogens is 1. The van der Waals surface area contributed by atoms with Crippen LogP contribution in [0.1, 0.15) is 29.8 Å². The van der Waals surface area contributed by atoms with Crippen LogP contribution in [0.2, 0.25) is 0 Å². The summed E-state index contributed by atoms with van der Waals surface area (Å²) in [6, 6.07) is 15.6. The van der Waals surface area contributed by atoms with Crippen molar-refractivity contribution in [3.05, 3.63) is 76.0 Å². The topological polar surface area (TPSA) is 112 Å². The molecule has 0 atom stereocenters. The lowest BCUT2D eigenvalue weighted by Gasteiger charge is -2.31. The maximum Gasteiger partial charge on any atom is 0.347 e. The monoisotopic (exact) mass is 437 g/mol. The minimum atomic E-state index is -3.59. The van der Waals surface area contributed by atoms with Gasteiger partial charge in [-0.25, -0.2) is 22.9 Å². The second-order valence-electron chi connectivity index (χ2n) is 7.75. The van der Waals surface area contributed by atoms with Crippen molar-refractivity contribution >= 4 is 10.0 Å². The van der Waals surface area contributed by atoms with Crippen molar-refractivity contribution in [1.29, 1.82) is 5.26 Å². The zero-order valence-electron chi connectivity index (χ0n) is 17.2. The molecule has 0 saturated carbocycles. The van der Waals surface area contributed by atoms with Crippen LogP contribution in [-0.2, 0) is 16.4 Å². The summed E-state index contributed by atoms with van der Waals surface area (Å²) in [6.07, 6.45) is 1.96. The van der Waals surface area contributed by atoms with Crippen molar-refractivity contribution in [3.63, 3.8) is 0 Å². The molecule has 2 heterocycles. The molecule has 0 spiro atoms. The molecule has 31 heavy (non-hydrogen) atoms. The molecule has 3 aromatic rings. The van der Waals surface area contributed by atoms with Crippen molar-refractivity contribution < 1.29 is 8.42 Å². The summed E-state index contributed by atoms with van der Waals surface area (Å²) in [6.45, 7) is 2.77. The molecule has 0 amide bonds. The standard InChI is InChI=1S/C22H23N5O3S/c1-16-4-2-3-5-20(16)27-21(24-25-22(27)28)14-17-10-12-26(13-11-17)31(29,30)19-8-6-18(15-23)7-9-19/h2-9,17H,10-14H2,1H3,(H,25,28). The van der Waals surface area contributed by atoms with Gasteiger partial charge in [0, 0.05) is 19.5 Å². The van der Waals surface area contributed by atoms with Gasteiger partial charge in [-0.1, -0.05) is 18.2 Å². The van der Waals surface area contributed by atoms with Crippen LogP contribution >= 0.6 is 0 Å². The molecular weight excluding hydrogens is 414 g/mol. The van der Waals surface area contributed by atoms with Gasteiger partial charge in [0.2, 0.25) is 10.0 Å². The number of sulfonamides is 1. The quantitative estimate of drug-likeness (QED) is 0.659. The number of hydrogen-bond donors (Lipinski definition) is 1. The van der Waals surface area contributed by atoms with Gasteiger partial charge in [0.1, 0.15) is 5.82 Å². The number of hydrogen-bond acceptors (Lipinski definition) is 5. The molecule has 0 radical (unpaired) electrons. The molecule has 1 fully saturated rings. The number of aromatic amines is 1. The van der Waals surface area contributed by atoms with Crippen LogP contribution in [0.25, 0.3) is 5.69 Å². The fourth-order valence-electron chi connectivity index (χ4n) is 3.99.